The van der Waals surface area contributed by atoms with Crippen LogP contribution in [-0.2, 0) is 0 Å². The molecule has 1 heterocycles. The third-order valence-corrected chi connectivity index (χ3v) is 4.01. The Kier molecular flexibility index (Phi) is 3.91. The molecule has 2 rings (SSSR count). The van der Waals surface area contributed by atoms with E-state index in [1.807, 2.05) is 5.38 Å². The van der Waals surface area contributed by atoms with Gasteiger partial charge < -0.3 is 0 Å². The van der Waals surface area contributed by atoms with Crippen LogP contribution in [0.4, 0.5) is 8.78 Å². The van der Waals surface area contributed by atoms with Gasteiger partial charge in [0, 0.05) is 11.0 Å². The first-order valence-electron chi connectivity index (χ1n) is 4.81. The van der Waals surface area contributed by atoms with Crippen molar-refractivity contribution in [3.63, 3.8) is 0 Å². The normalized spacial score (nSPS) is 10.5. The highest BCUT2D eigenvalue weighted by atomic mass is 32.2. The number of hydrogen-bond donors (Lipinski definition) is 0. The van der Waals surface area contributed by atoms with Crippen LogP contribution >= 0.6 is 23.1 Å². The molecule has 0 unspecified atom stereocenters. The fourth-order valence-corrected chi connectivity index (χ4v) is 2.80. The summed E-state index contributed by atoms with van der Waals surface area (Å²) in [5.74, 6) is -1.14. The second-order valence-corrected chi connectivity index (χ2v) is 5.23. The lowest BCUT2D eigenvalue weighted by Crippen LogP contribution is -1.99. The fourth-order valence-electron chi connectivity index (χ4n) is 1.24. The van der Waals surface area contributed by atoms with Crippen molar-refractivity contribution in [1.29, 1.82) is 0 Å². The van der Waals surface area contributed by atoms with Crippen molar-refractivity contribution in [1.82, 2.24) is 0 Å². The molecule has 1 nitrogen and oxygen atoms in total. The van der Waals surface area contributed by atoms with E-state index in [0.29, 0.717) is 4.88 Å². The molecule has 5 heteroatoms. The number of carbonyl (C=O) groups excluding carboxylic acids is 1. The largest absolute Gasteiger partial charge is 0.292 e. The summed E-state index contributed by atoms with van der Waals surface area (Å²) in [7, 11) is 0. The SMILES string of the molecule is O=C(CSc1ccc(F)cc1F)c1cccs1. The van der Waals surface area contributed by atoms with Crippen LogP contribution < -0.4 is 0 Å². The Bertz CT molecular complexity index is 523. The standard InChI is InChI=1S/C12H8F2OS2/c13-8-3-4-11(9(14)6-8)17-7-10(15)12-2-1-5-16-12/h1-6H,7H2. The highest BCUT2D eigenvalue weighted by molar-refractivity contribution is 8.00. The summed E-state index contributed by atoms with van der Waals surface area (Å²) in [6.07, 6.45) is 0. The first-order chi connectivity index (χ1) is 8.16. The highest BCUT2D eigenvalue weighted by Gasteiger charge is 2.10. The van der Waals surface area contributed by atoms with E-state index in [1.165, 1.54) is 23.5 Å². The van der Waals surface area contributed by atoms with E-state index in [0.717, 1.165) is 17.8 Å². The van der Waals surface area contributed by atoms with Crippen LogP contribution in [0.15, 0.2) is 40.6 Å². The number of benzene rings is 1. The number of carbonyl (C=O) groups is 1. The Morgan fingerprint density at radius 1 is 1.29 bits per heavy atom. The molecule has 88 valence electrons. The molecule has 0 amide bonds. The summed E-state index contributed by atoms with van der Waals surface area (Å²) >= 11 is 2.43. The summed E-state index contributed by atoms with van der Waals surface area (Å²) in [5.41, 5.74) is 0. The maximum absolute atomic E-state index is 13.3. The van der Waals surface area contributed by atoms with Gasteiger partial charge in [0.2, 0.25) is 0 Å². The van der Waals surface area contributed by atoms with Crippen molar-refractivity contribution in [3.8, 4) is 0 Å². The zero-order valence-corrected chi connectivity index (χ0v) is 10.3. The second kappa shape index (κ2) is 5.42. The predicted octanol–water partition coefficient (Wildman–Crippen LogP) is 4.00. The Hall–Kier alpha value is -1.20. The number of Topliss-reactive ketones (excluding diaryl/α,β-unsaturated/α-hetero) is 1. The van der Waals surface area contributed by atoms with Gasteiger partial charge in [0.15, 0.2) is 5.78 Å². The molecule has 0 fully saturated rings. The Balaban J connectivity index is 2.01. The molecule has 0 bridgehead atoms. The molecule has 2 aromatic rings. The fraction of sp³-hybridized carbons (Fsp3) is 0.0833. The summed E-state index contributed by atoms with van der Waals surface area (Å²) in [6, 6.07) is 6.87. The molecule has 0 aliphatic rings. The third-order valence-electron chi connectivity index (χ3n) is 2.05. The van der Waals surface area contributed by atoms with Crippen LogP contribution in [-0.4, -0.2) is 11.5 Å². The van der Waals surface area contributed by atoms with E-state index >= 15 is 0 Å². The lowest BCUT2D eigenvalue weighted by molar-refractivity contribution is 0.102. The maximum atomic E-state index is 13.3. The molecule has 1 aromatic heterocycles. The van der Waals surface area contributed by atoms with Gasteiger partial charge in [0.1, 0.15) is 11.6 Å². The van der Waals surface area contributed by atoms with E-state index in [-0.39, 0.29) is 16.4 Å². The van der Waals surface area contributed by atoms with Crippen molar-refractivity contribution in [2.24, 2.45) is 0 Å². The van der Waals surface area contributed by atoms with Gasteiger partial charge in [-0.05, 0) is 23.6 Å². The predicted molar refractivity (Wildman–Crippen MR) is 65.7 cm³/mol. The number of ketones is 1. The zero-order chi connectivity index (χ0) is 12.3. The third kappa shape index (κ3) is 3.14. The van der Waals surface area contributed by atoms with Gasteiger partial charge >= 0.3 is 0 Å². The monoisotopic (exact) mass is 270 g/mol. The van der Waals surface area contributed by atoms with Crippen molar-refractivity contribution in [2.45, 2.75) is 4.90 Å². The Morgan fingerprint density at radius 2 is 2.12 bits per heavy atom. The van der Waals surface area contributed by atoms with Crippen molar-refractivity contribution in [3.05, 3.63) is 52.2 Å². The molecular weight excluding hydrogens is 262 g/mol. The van der Waals surface area contributed by atoms with Crippen LogP contribution in [0.5, 0.6) is 0 Å². The van der Waals surface area contributed by atoms with Gasteiger partial charge in [-0.1, -0.05) is 6.07 Å². The molecule has 1 aromatic carbocycles. The Morgan fingerprint density at radius 3 is 2.76 bits per heavy atom. The smallest absolute Gasteiger partial charge is 0.182 e. The molecule has 0 saturated heterocycles. The number of rotatable bonds is 4. The molecule has 0 saturated carbocycles. The van der Waals surface area contributed by atoms with E-state index in [4.69, 9.17) is 0 Å². The van der Waals surface area contributed by atoms with Crippen molar-refractivity contribution in [2.75, 3.05) is 5.75 Å². The number of thiophene rings is 1. The first-order valence-corrected chi connectivity index (χ1v) is 6.68. The second-order valence-electron chi connectivity index (χ2n) is 3.26. The average molecular weight is 270 g/mol. The van der Waals surface area contributed by atoms with Crippen LogP contribution in [0.1, 0.15) is 9.67 Å². The van der Waals surface area contributed by atoms with Gasteiger partial charge in [-0.3, -0.25) is 4.79 Å². The minimum atomic E-state index is -0.631. The molecule has 0 aliphatic carbocycles. The van der Waals surface area contributed by atoms with E-state index in [9.17, 15) is 13.6 Å². The minimum absolute atomic E-state index is 0.0475. The molecule has 0 N–H and O–H groups in total. The summed E-state index contributed by atoms with van der Waals surface area (Å²) < 4.78 is 25.9. The molecular formula is C12H8F2OS2. The summed E-state index contributed by atoms with van der Waals surface area (Å²) in [5, 5.41) is 1.82. The molecule has 0 radical (unpaired) electrons. The molecule has 0 atom stereocenters. The number of halogens is 2. The number of hydrogen-bond acceptors (Lipinski definition) is 3. The highest BCUT2D eigenvalue weighted by Crippen LogP contribution is 2.24. The van der Waals surface area contributed by atoms with E-state index in [2.05, 4.69) is 0 Å². The van der Waals surface area contributed by atoms with Crippen molar-refractivity contribution >= 4 is 28.9 Å². The van der Waals surface area contributed by atoms with Gasteiger partial charge in [-0.2, -0.15) is 0 Å². The van der Waals surface area contributed by atoms with Crippen LogP contribution in [0.25, 0.3) is 0 Å². The first kappa shape index (κ1) is 12.3. The maximum Gasteiger partial charge on any atom is 0.182 e. The van der Waals surface area contributed by atoms with Gasteiger partial charge in [0.05, 0.1) is 10.6 Å². The minimum Gasteiger partial charge on any atom is -0.292 e. The van der Waals surface area contributed by atoms with E-state index < -0.39 is 11.6 Å². The van der Waals surface area contributed by atoms with Crippen LogP contribution in [0.3, 0.4) is 0 Å². The topological polar surface area (TPSA) is 17.1 Å². The van der Waals surface area contributed by atoms with Crippen LogP contribution in [0, 0.1) is 11.6 Å². The summed E-state index contributed by atoms with van der Waals surface area (Å²) in [4.78, 5) is 12.6. The van der Waals surface area contributed by atoms with Crippen LogP contribution in [0.2, 0.25) is 0 Å². The quantitative estimate of drug-likeness (QED) is 0.617. The number of thioether (sulfide) groups is 1. The average Bonchev–Trinajstić information content (AvgIpc) is 2.81. The summed E-state index contributed by atoms with van der Waals surface area (Å²) in [6.45, 7) is 0. The Labute approximate surface area is 105 Å². The lowest BCUT2D eigenvalue weighted by atomic mass is 10.3. The zero-order valence-electron chi connectivity index (χ0n) is 8.65. The van der Waals surface area contributed by atoms with Gasteiger partial charge in [0.25, 0.3) is 0 Å². The molecule has 17 heavy (non-hydrogen) atoms. The van der Waals surface area contributed by atoms with E-state index in [1.54, 1.807) is 12.1 Å². The van der Waals surface area contributed by atoms with Gasteiger partial charge in [-0.25, -0.2) is 8.78 Å². The van der Waals surface area contributed by atoms with Crippen molar-refractivity contribution < 1.29 is 13.6 Å². The molecule has 0 spiro atoms. The lowest BCUT2D eigenvalue weighted by Gasteiger charge is -2.01. The molecule has 0 aliphatic heterocycles. The van der Waals surface area contributed by atoms with Gasteiger partial charge in [-0.15, -0.1) is 23.1 Å².